The van der Waals surface area contributed by atoms with Gasteiger partial charge in [0.2, 0.25) is 0 Å². The van der Waals surface area contributed by atoms with Gasteiger partial charge in [-0.3, -0.25) is 0 Å². The maximum atomic E-state index is 4.71. The second-order valence-corrected chi connectivity index (χ2v) is 8.49. The highest BCUT2D eigenvalue weighted by atomic mass is 15.2. The number of nitrogens with zero attached hydrogens (tertiary/aromatic N) is 4. The second-order valence-electron chi connectivity index (χ2n) is 8.49. The van der Waals surface area contributed by atoms with Crippen molar-refractivity contribution in [3.05, 3.63) is 94.5 Å². The molecule has 4 nitrogen and oxygen atoms in total. The fourth-order valence-corrected chi connectivity index (χ4v) is 4.24. The summed E-state index contributed by atoms with van der Waals surface area (Å²) >= 11 is 0. The van der Waals surface area contributed by atoms with Gasteiger partial charge in [0.1, 0.15) is 5.71 Å². The Bertz CT molecular complexity index is 1050. The molecule has 0 amide bonds. The molecule has 0 saturated heterocycles. The Morgan fingerprint density at radius 1 is 0.676 bits per heavy atom. The van der Waals surface area contributed by atoms with Gasteiger partial charge in [0.05, 0.1) is 6.21 Å². The molecule has 3 aromatic rings. The van der Waals surface area contributed by atoms with Crippen LogP contribution < -0.4 is 9.80 Å². The number of benzene rings is 3. The van der Waals surface area contributed by atoms with E-state index in [1.807, 2.05) is 6.21 Å². The van der Waals surface area contributed by atoms with Gasteiger partial charge in [-0.25, -0.2) is 0 Å². The first kappa shape index (κ1) is 25.2. The van der Waals surface area contributed by atoms with Gasteiger partial charge in [-0.1, -0.05) is 48.0 Å². The first-order valence-electron chi connectivity index (χ1n) is 12.4. The third-order valence-electron chi connectivity index (χ3n) is 6.32. The predicted octanol–water partition coefficient (Wildman–Crippen LogP) is 6.87. The minimum atomic E-state index is 0.873. The lowest BCUT2D eigenvalue weighted by atomic mass is 10.0. The molecule has 0 bridgehead atoms. The molecule has 0 aliphatic rings. The molecule has 178 valence electrons. The highest BCUT2D eigenvalue weighted by Gasteiger charge is 2.10. The van der Waals surface area contributed by atoms with Crippen molar-refractivity contribution in [2.45, 2.75) is 41.5 Å². The zero-order chi connectivity index (χ0) is 24.5. The first-order chi connectivity index (χ1) is 16.5. The van der Waals surface area contributed by atoms with Crippen LogP contribution in [0, 0.1) is 13.8 Å². The lowest BCUT2D eigenvalue weighted by molar-refractivity contribution is 0.866. The van der Waals surface area contributed by atoms with E-state index < -0.39 is 0 Å². The summed E-state index contributed by atoms with van der Waals surface area (Å²) < 4.78 is 0. The fourth-order valence-electron chi connectivity index (χ4n) is 4.24. The summed E-state index contributed by atoms with van der Waals surface area (Å²) in [4.78, 5) is 4.69. The van der Waals surface area contributed by atoms with Gasteiger partial charge in [0.25, 0.3) is 0 Å². The molecule has 4 heteroatoms. The standard InChI is InChI=1S/C30H38N4/c1-7-33(8-2)28-17-13-25(14-18-28)30(26-15-19-29(20-16-26)34(9-3)10-4)32-31-22-27-12-11-23(5)21-24(27)6/h11-22H,7-10H2,1-6H3. The Morgan fingerprint density at radius 2 is 1.15 bits per heavy atom. The summed E-state index contributed by atoms with van der Waals surface area (Å²) in [5.74, 6) is 0. The molecule has 3 aromatic carbocycles. The summed E-state index contributed by atoms with van der Waals surface area (Å²) in [5, 5.41) is 9.22. The van der Waals surface area contributed by atoms with Crippen molar-refractivity contribution in [3.8, 4) is 0 Å². The molecule has 0 aliphatic carbocycles. The maximum Gasteiger partial charge on any atom is 0.100 e. The molecule has 0 atom stereocenters. The second kappa shape index (κ2) is 12.2. The van der Waals surface area contributed by atoms with E-state index in [-0.39, 0.29) is 0 Å². The molecular weight excluding hydrogens is 416 g/mol. The molecule has 34 heavy (non-hydrogen) atoms. The van der Waals surface area contributed by atoms with E-state index >= 15 is 0 Å². The SMILES string of the molecule is CCN(CC)c1ccc(C(=NN=Cc2ccc(C)cc2C)c2ccc(N(CC)CC)cc2)cc1. The molecule has 0 radical (unpaired) electrons. The average molecular weight is 455 g/mol. The van der Waals surface area contributed by atoms with Gasteiger partial charge in [-0.15, -0.1) is 5.10 Å². The molecule has 0 fully saturated rings. The molecule has 0 aliphatic heterocycles. The topological polar surface area (TPSA) is 31.2 Å². The zero-order valence-corrected chi connectivity index (χ0v) is 21.5. The zero-order valence-electron chi connectivity index (χ0n) is 21.5. The molecule has 0 unspecified atom stereocenters. The molecule has 0 N–H and O–H groups in total. The molecule has 0 spiro atoms. The van der Waals surface area contributed by atoms with Crippen LogP contribution >= 0.6 is 0 Å². The third kappa shape index (κ3) is 6.13. The average Bonchev–Trinajstić information content (AvgIpc) is 2.86. The van der Waals surface area contributed by atoms with Crippen molar-refractivity contribution in [2.24, 2.45) is 10.2 Å². The van der Waals surface area contributed by atoms with E-state index in [9.17, 15) is 0 Å². The van der Waals surface area contributed by atoms with Crippen LogP contribution in [-0.4, -0.2) is 38.1 Å². The molecule has 3 rings (SSSR count). The van der Waals surface area contributed by atoms with E-state index in [0.29, 0.717) is 0 Å². The minimum Gasteiger partial charge on any atom is -0.372 e. The highest BCUT2D eigenvalue weighted by Crippen LogP contribution is 2.21. The lowest BCUT2D eigenvalue weighted by Gasteiger charge is -2.22. The van der Waals surface area contributed by atoms with Crippen LogP contribution in [0.1, 0.15) is 55.5 Å². The van der Waals surface area contributed by atoms with Gasteiger partial charge in [-0.05, 0) is 76.9 Å². The van der Waals surface area contributed by atoms with Crippen molar-refractivity contribution in [2.75, 3.05) is 36.0 Å². The number of rotatable bonds is 10. The monoisotopic (exact) mass is 454 g/mol. The van der Waals surface area contributed by atoms with Gasteiger partial charge in [-0.2, -0.15) is 5.10 Å². The van der Waals surface area contributed by atoms with Crippen LogP contribution in [0.2, 0.25) is 0 Å². The van der Waals surface area contributed by atoms with Crippen LogP contribution in [0.4, 0.5) is 11.4 Å². The molecular formula is C30H38N4. The van der Waals surface area contributed by atoms with E-state index in [2.05, 4.69) is 123 Å². The smallest absolute Gasteiger partial charge is 0.100 e. The van der Waals surface area contributed by atoms with Crippen molar-refractivity contribution >= 4 is 23.3 Å². The summed E-state index contributed by atoms with van der Waals surface area (Å²) in [7, 11) is 0. The van der Waals surface area contributed by atoms with Crippen molar-refractivity contribution < 1.29 is 0 Å². The number of hydrogen-bond acceptors (Lipinski definition) is 4. The lowest BCUT2D eigenvalue weighted by Crippen LogP contribution is -2.22. The number of aryl methyl sites for hydroxylation is 2. The van der Waals surface area contributed by atoms with Crippen LogP contribution in [-0.2, 0) is 0 Å². The minimum absolute atomic E-state index is 0.873. The highest BCUT2D eigenvalue weighted by molar-refractivity contribution is 6.13. The van der Waals surface area contributed by atoms with Gasteiger partial charge in [0.15, 0.2) is 0 Å². The largest absolute Gasteiger partial charge is 0.372 e. The Hall–Kier alpha value is -3.40. The Balaban J connectivity index is 1.99. The summed E-state index contributed by atoms with van der Waals surface area (Å²) in [6, 6.07) is 23.7. The van der Waals surface area contributed by atoms with Crippen molar-refractivity contribution in [1.29, 1.82) is 0 Å². The summed E-state index contributed by atoms with van der Waals surface area (Å²) in [6.07, 6.45) is 1.85. The van der Waals surface area contributed by atoms with Gasteiger partial charge < -0.3 is 9.80 Å². The summed E-state index contributed by atoms with van der Waals surface area (Å²) in [5.41, 5.74) is 8.98. The van der Waals surface area contributed by atoms with Crippen LogP contribution in [0.5, 0.6) is 0 Å². The number of hydrogen-bond donors (Lipinski definition) is 0. The van der Waals surface area contributed by atoms with Gasteiger partial charge >= 0.3 is 0 Å². The van der Waals surface area contributed by atoms with E-state index in [1.54, 1.807) is 0 Å². The Morgan fingerprint density at radius 3 is 1.56 bits per heavy atom. The van der Waals surface area contributed by atoms with E-state index in [4.69, 9.17) is 5.10 Å². The van der Waals surface area contributed by atoms with Crippen LogP contribution in [0.25, 0.3) is 0 Å². The molecule has 0 saturated carbocycles. The number of anilines is 2. The van der Waals surface area contributed by atoms with Crippen LogP contribution in [0.15, 0.2) is 76.9 Å². The fraction of sp³-hybridized carbons (Fsp3) is 0.333. The summed E-state index contributed by atoms with van der Waals surface area (Å²) in [6.45, 7) is 16.9. The Labute approximate surface area is 205 Å². The molecule has 0 heterocycles. The predicted molar refractivity (Wildman–Crippen MR) is 149 cm³/mol. The van der Waals surface area contributed by atoms with Crippen molar-refractivity contribution in [1.82, 2.24) is 0 Å². The molecule has 0 aromatic heterocycles. The quantitative estimate of drug-likeness (QED) is 0.247. The Kier molecular flexibility index (Phi) is 9.03. The van der Waals surface area contributed by atoms with E-state index in [0.717, 1.165) is 48.6 Å². The van der Waals surface area contributed by atoms with Crippen LogP contribution in [0.3, 0.4) is 0 Å². The van der Waals surface area contributed by atoms with Crippen molar-refractivity contribution in [3.63, 3.8) is 0 Å². The maximum absolute atomic E-state index is 4.71. The third-order valence-corrected chi connectivity index (χ3v) is 6.32. The van der Waals surface area contributed by atoms with E-state index in [1.165, 1.54) is 22.5 Å². The normalized spacial score (nSPS) is 11.0. The van der Waals surface area contributed by atoms with Gasteiger partial charge in [0, 0.05) is 48.7 Å². The first-order valence-corrected chi connectivity index (χ1v) is 12.4.